The second-order valence-corrected chi connectivity index (χ2v) is 6.01. The van der Waals surface area contributed by atoms with E-state index in [9.17, 15) is 0 Å². The Labute approximate surface area is 116 Å². The van der Waals surface area contributed by atoms with Crippen molar-refractivity contribution in [3.8, 4) is 6.07 Å². The van der Waals surface area contributed by atoms with Gasteiger partial charge < -0.3 is 9.80 Å². The Hall–Kier alpha value is -1.53. The van der Waals surface area contributed by atoms with Gasteiger partial charge in [-0.15, -0.1) is 0 Å². The number of nitrogens with zero attached hydrogens (tertiary/aromatic N) is 3. The van der Waals surface area contributed by atoms with Gasteiger partial charge in [-0.25, -0.2) is 0 Å². The van der Waals surface area contributed by atoms with E-state index >= 15 is 0 Å². The molecule has 1 aliphatic rings. The van der Waals surface area contributed by atoms with Gasteiger partial charge in [0.25, 0.3) is 0 Å². The lowest BCUT2D eigenvalue weighted by Crippen LogP contribution is -2.46. The lowest BCUT2D eigenvalue weighted by atomic mass is 9.97. The third-order valence-corrected chi connectivity index (χ3v) is 4.22. The minimum absolute atomic E-state index is 0.125. The quantitative estimate of drug-likeness (QED) is 0.816. The van der Waals surface area contributed by atoms with Gasteiger partial charge in [0, 0.05) is 30.4 Å². The number of likely N-dealkylation sites (N-methyl/N-ethyl adjacent to an activating group) is 1. The van der Waals surface area contributed by atoms with E-state index in [2.05, 4.69) is 61.0 Å². The van der Waals surface area contributed by atoms with Gasteiger partial charge in [0.1, 0.15) is 0 Å². The molecule has 0 amide bonds. The van der Waals surface area contributed by atoms with E-state index in [4.69, 9.17) is 5.26 Å². The third kappa shape index (κ3) is 3.08. The van der Waals surface area contributed by atoms with E-state index in [0.29, 0.717) is 12.5 Å². The first kappa shape index (κ1) is 13.9. The van der Waals surface area contributed by atoms with Gasteiger partial charge in [0.05, 0.1) is 12.5 Å². The SMILES string of the molecule is CN1CCC(C)(C)N(c2ccccc2)CC1CC#N. The number of rotatable bonds is 2. The molecule has 0 radical (unpaired) electrons. The molecule has 0 N–H and O–H groups in total. The standard InChI is InChI=1S/C16H23N3/c1-16(2)10-12-18(3)15(9-11-17)13-19(16)14-7-5-4-6-8-14/h4-8,15H,9-10,12-13H2,1-3H3. The first-order valence-corrected chi connectivity index (χ1v) is 6.94. The highest BCUT2D eigenvalue weighted by molar-refractivity contribution is 5.49. The van der Waals surface area contributed by atoms with Crippen LogP contribution in [0.5, 0.6) is 0 Å². The zero-order valence-corrected chi connectivity index (χ0v) is 12.1. The van der Waals surface area contributed by atoms with Crippen molar-refractivity contribution in [3.63, 3.8) is 0 Å². The average molecular weight is 257 g/mol. The van der Waals surface area contributed by atoms with Crippen molar-refractivity contribution in [1.82, 2.24) is 4.90 Å². The molecule has 0 aromatic heterocycles. The van der Waals surface area contributed by atoms with Crippen molar-refractivity contribution >= 4 is 5.69 Å². The molecule has 19 heavy (non-hydrogen) atoms. The number of hydrogen-bond acceptors (Lipinski definition) is 3. The molecule has 3 heteroatoms. The van der Waals surface area contributed by atoms with Crippen LogP contribution in [0.4, 0.5) is 5.69 Å². The van der Waals surface area contributed by atoms with Crippen LogP contribution >= 0.6 is 0 Å². The molecule has 1 fully saturated rings. The Bertz CT molecular complexity index is 447. The topological polar surface area (TPSA) is 30.3 Å². The number of para-hydroxylation sites is 1. The van der Waals surface area contributed by atoms with E-state index in [1.807, 2.05) is 6.07 Å². The monoisotopic (exact) mass is 257 g/mol. The molecular weight excluding hydrogens is 234 g/mol. The first-order valence-electron chi connectivity index (χ1n) is 6.94. The lowest BCUT2D eigenvalue weighted by Gasteiger charge is -2.40. The third-order valence-electron chi connectivity index (χ3n) is 4.22. The summed E-state index contributed by atoms with van der Waals surface area (Å²) in [5, 5.41) is 9.02. The van der Waals surface area contributed by atoms with Gasteiger partial charge in [-0.1, -0.05) is 18.2 Å². The maximum atomic E-state index is 9.02. The van der Waals surface area contributed by atoms with Crippen LogP contribution in [0.1, 0.15) is 26.7 Å². The molecule has 1 atom stereocenters. The summed E-state index contributed by atoms with van der Waals surface area (Å²) < 4.78 is 0. The van der Waals surface area contributed by atoms with E-state index in [1.165, 1.54) is 5.69 Å². The Morgan fingerprint density at radius 3 is 2.63 bits per heavy atom. The predicted octanol–water partition coefficient (Wildman–Crippen LogP) is 2.89. The molecule has 1 heterocycles. The van der Waals surface area contributed by atoms with E-state index in [0.717, 1.165) is 19.5 Å². The summed E-state index contributed by atoms with van der Waals surface area (Å²) in [6.07, 6.45) is 1.70. The highest BCUT2D eigenvalue weighted by atomic mass is 15.3. The van der Waals surface area contributed by atoms with E-state index < -0.39 is 0 Å². The molecule has 102 valence electrons. The summed E-state index contributed by atoms with van der Waals surface area (Å²) in [6.45, 7) is 6.55. The Balaban J connectivity index is 2.30. The average Bonchev–Trinajstić information content (AvgIpc) is 2.51. The number of hydrogen-bond donors (Lipinski definition) is 0. The first-order chi connectivity index (χ1) is 9.04. The van der Waals surface area contributed by atoms with Gasteiger partial charge in [0.15, 0.2) is 0 Å². The smallest absolute Gasteiger partial charge is 0.0638 e. The van der Waals surface area contributed by atoms with Crippen molar-refractivity contribution in [3.05, 3.63) is 30.3 Å². The number of nitriles is 1. The van der Waals surface area contributed by atoms with Gasteiger partial charge in [0.2, 0.25) is 0 Å². The number of benzene rings is 1. The highest BCUT2D eigenvalue weighted by Gasteiger charge is 2.33. The highest BCUT2D eigenvalue weighted by Crippen LogP contribution is 2.30. The molecule has 0 bridgehead atoms. The summed E-state index contributed by atoms with van der Waals surface area (Å²) >= 11 is 0. The summed E-state index contributed by atoms with van der Waals surface area (Å²) in [5.41, 5.74) is 1.38. The number of anilines is 1. The summed E-state index contributed by atoms with van der Waals surface area (Å²) in [7, 11) is 2.13. The minimum atomic E-state index is 0.125. The Morgan fingerprint density at radius 1 is 1.32 bits per heavy atom. The molecule has 1 unspecified atom stereocenters. The Morgan fingerprint density at radius 2 is 2.00 bits per heavy atom. The molecule has 0 aliphatic carbocycles. The largest absolute Gasteiger partial charge is 0.365 e. The van der Waals surface area contributed by atoms with Gasteiger partial charge in [-0.05, 0) is 39.4 Å². The van der Waals surface area contributed by atoms with Crippen molar-refractivity contribution in [2.75, 3.05) is 25.0 Å². The Kier molecular flexibility index (Phi) is 4.11. The van der Waals surface area contributed by atoms with Gasteiger partial charge >= 0.3 is 0 Å². The van der Waals surface area contributed by atoms with Crippen LogP contribution in [0.15, 0.2) is 30.3 Å². The van der Waals surface area contributed by atoms with E-state index in [-0.39, 0.29) is 5.54 Å². The second-order valence-electron chi connectivity index (χ2n) is 6.01. The van der Waals surface area contributed by atoms with Crippen LogP contribution in [0, 0.1) is 11.3 Å². The normalized spacial score (nSPS) is 23.7. The van der Waals surface area contributed by atoms with Crippen LogP contribution in [-0.4, -0.2) is 36.6 Å². The van der Waals surface area contributed by atoms with Gasteiger partial charge in [-0.2, -0.15) is 5.26 Å². The van der Waals surface area contributed by atoms with Crippen molar-refractivity contribution in [1.29, 1.82) is 5.26 Å². The molecule has 1 aromatic rings. The van der Waals surface area contributed by atoms with Crippen LogP contribution < -0.4 is 4.90 Å². The van der Waals surface area contributed by atoms with E-state index in [1.54, 1.807) is 0 Å². The lowest BCUT2D eigenvalue weighted by molar-refractivity contribution is 0.260. The fourth-order valence-corrected chi connectivity index (χ4v) is 2.75. The molecule has 1 aromatic carbocycles. The van der Waals surface area contributed by atoms with Crippen LogP contribution in [0.2, 0.25) is 0 Å². The zero-order valence-electron chi connectivity index (χ0n) is 12.1. The van der Waals surface area contributed by atoms with Crippen molar-refractivity contribution in [2.24, 2.45) is 0 Å². The zero-order chi connectivity index (χ0) is 13.9. The predicted molar refractivity (Wildman–Crippen MR) is 79.1 cm³/mol. The van der Waals surface area contributed by atoms with Crippen LogP contribution in [0.25, 0.3) is 0 Å². The fraction of sp³-hybridized carbons (Fsp3) is 0.562. The fourth-order valence-electron chi connectivity index (χ4n) is 2.75. The molecular formula is C16H23N3. The molecule has 0 spiro atoms. The molecule has 2 rings (SSSR count). The molecule has 1 saturated heterocycles. The summed E-state index contributed by atoms with van der Waals surface area (Å²) in [5.74, 6) is 0. The maximum Gasteiger partial charge on any atom is 0.0638 e. The summed E-state index contributed by atoms with van der Waals surface area (Å²) in [6, 6.07) is 13.2. The molecule has 3 nitrogen and oxygen atoms in total. The summed E-state index contributed by atoms with van der Waals surface area (Å²) in [4.78, 5) is 4.78. The second kappa shape index (κ2) is 5.63. The minimum Gasteiger partial charge on any atom is -0.365 e. The van der Waals surface area contributed by atoms with Crippen LogP contribution in [0.3, 0.4) is 0 Å². The molecule has 1 aliphatic heterocycles. The van der Waals surface area contributed by atoms with Crippen molar-refractivity contribution < 1.29 is 0 Å². The van der Waals surface area contributed by atoms with Crippen LogP contribution in [-0.2, 0) is 0 Å². The van der Waals surface area contributed by atoms with Crippen molar-refractivity contribution in [2.45, 2.75) is 38.3 Å². The van der Waals surface area contributed by atoms with Gasteiger partial charge in [-0.3, -0.25) is 0 Å². The molecule has 0 saturated carbocycles. The maximum absolute atomic E-state index is 9.02.